The van der Waals surface area contributed by atoms with Crippen LogP contribution in [0.25, 0.3) is 0 Å². The number of nitrogens with zero attached hydrogens (tertiary/aromatic N) is 2. The third-order valence-corrected chi connectivity index (χ3v) is 4.91. The van der Waals surface area contributed by atoms with Crippen molar-refractivity contribution in [2.75, 3.05) is 13.7 Å². The van der Waals surface area contributed by atoms with Crippen molar-refractivity contribution in [2.24, 2.45) is 4.99 Å². The van der Waals surface area contributed by atoms with Gasteiger partial charge < -0.3 is 9.64 Å². The van der Waals surface area contributed by atoms with Gasteiger partial charge in [0, 0.05) is 17.1 Å². The molecule has 0 aromatic heterocycles. The van der Waals surface area contributed by atoms with Crippen molar-refractivity contribution in [1.29, 1.82) is 0 Å². The van der Waals surface area contributed by atoms with Crippen LogP contribution >= 0.6 is 23.4 Å². The van der Waals surface area contributed by atoms with E-state index < -0.39 is 0 Å². The summed E-state index contributed by atoms with van der Waals surface area (Å²) in [4.78, 5) is 18.8. The molecule has 0 amide bonds. The van der Waals surface area contributed by atoms with Crippen LogP contribution in [0.15, 0.2) is 29.3 Å². The van der Waals surface area contributed by atoms with Crippen LogP contribution in [0.3, 0.4) is 0 Å². The molecule has 1 unspecified atom stereocenters. The van der Waals surface area contributed by atoms with E-state index in [-0.39, 0.29) is 16.8 Å². The fraction of sp³-hybridized carbons (Fsp3) is 0.500. The summed E-state index contributed by atoms with van der Waals surface area (Å²) in [5.41, 5.74) is 0.769. The molecule has 1 aliphatic rings. The molecular formula is C16H21ClN2O2S. The highest BCUT2D eigenvalue weighted by molar-refractivity contribution is 8.14. The van der Waals surface area contributed by atoms with Crippen molar-refractivity contribution in [1.82, 2.24) is 4.90 Å². The van der Waals surface area contributed by atoms with Crippen LogP contribution < -0.4 is 0 Å². The van der Waals surface area contributed by atoms with Gasteiger partial charge in [-0.25, -0.2) is 4.99 Å². The number of carbonyl (C=O) groups excluding carboxylic acids is 1. The van der Waals surface area contributed by atoms with E-state index in [1.165, 1.54) is 18.9 Å². The molecule has 6 heteroatoms. The molecule has 1 aromatic carbocycles. The van der Waals surface area contributed by atoms with Crippen LogP contribution in [-0.4, -0.2) is 40.5 Å². The van der Waals surface area contributed by atoms with Gasteiger partial charge in [0.15, 0.2) is 5.17 Å². The molecule has 1 fully saturated rings. The predicted molar refractivity (Wildman–Crippen MR) is 93.0 cm³/mol. The highest BCUT2D eigenvalue weighted by Gasteiger charge is 2.35. The SMILES string of the molecule is COC(=O)C1CCN(C(C)(C)C)C(=Nc2ccc(Cl)cc2)S1. The van der Waals surface area contributed by atoms with Crippen molar-refractivity contribution in [3.63, 3.8) is 0 Å². The lowest BCUT2D eigenvalue weighted by Crippen LogP contribution is -2.49. The maximum absolute atomic E-state index is 11.8. The average molecular weight is 341 g/mol. The van der Waals surface area contributed by atoms with E-state index in [9.17, 15) is 4.79 Å². The van der Waals surface area contributed by atoms with Crippen molar-refractivity contribution in [3.8, 4) is 0 Å². The maximum atomic E-state index is 11.8. The summed E-state index contributed by atoms with van der Waals surface area (Å²) in [6.07, 6.45) is 0.758. The Kier molecular flexibility index (Phi) is 5.40. The van der Waals surface area contributed by atoms with Gasteiger partial charge in [-0.15, -0.1) is 0 Å². The molecule has 1 heterocycles. The summed E-state index contributed by atoms with van der Waals surface area (Å²) in [6, 6.07) is 7.37. The number of esters is 1. The summed E-state index contributed by atoms with van der Waals surface area (Å²) in [5, 5.41) is 1.33. The minimum atomic E-state index is -0.199. The van der Waals surface area contributed by atoms with Crippen molar-refractivity contribution >= 4 is 40.2 Å². The van der Waals surface area contributed by atoms with E-state index in [0.717, 1.165) is 23.8 Å². The lowest BCUT2D eigenvalue weighted by Gasteiger charge is -2.42. The quantitative estimate of drug-likeness (QED) is 0.760. The van der Waals surface area contributed by atoms with Gasteiger partial charge in [0.1, 0.15) is 5.25 Å². The van der Waals surface area contributed by atoms with Gasteiger partial charge in [-0.05, 0) is 51.5 Å². The highest BCUT2D eigenvalue weighted by atomic mass is 35.5. The Balaban J connectivity index is 2.30. The van der Waals surface area contributed by atoms with E-state index >= 15 is 0 Å². The number of amidine groups is 1. The molecule has 1 aliphatic heterocycles. The lowest BCUT2D eigenvalue weighted by molar-refractivity contribution is -0.140. The third kappa shape index (κ3) is 4.17. The lowest BCUT2D eigenvalue weighted by atomic mass is 10.1. The number of carbonyl (C=O) groups is 1. The maximum Gasteiger partial charge on any atom is 0.319 e. The molecule has 1 aromatic rings. The summed E-state index contributed by atoms with van der Waals surface area (Å²) in [5.74, 6) is -0.192. The van der Waals surface area contributed by atoms with Crippen LogP contribution in [0, 0.1) is 0 Å². The molecule has 0 spiro atoms. The first kappa shape index (κ1) is 17.2. The van der Waals surface area contributed by atoms with E-state index in [1.54, 1.807) is 0 Å². The third-order valence-electron chi connectivity index (χ3n) is 3.42. The fourth-order valence-electron chi connectivity index (χ4n) is 2.22. The Bertz CT molecular complexity index is 567. The Morgan fingerprint density at radius 3 is 2.55 bits per heavy atom. The van der Waals surface area contributed by atoms with E-state index in [4.69, 9.17) is 21.3 Å². The van der Waals surface area contributed by atoms with Crippen LogP contribution in [0.1, 0.15) is 27.2 Å². The van der Waals surface area contributed by atoms with Crippen LogP contribution in [0.2, 0.25) is 5.02 Å². The molecule has 0 bridgehead atoms. The van der Waals surface area contributed by atoms with Gasteiger partial charge in [0.2, 0.25) is 0 Å². The molecule has 0 radical (unpaired) electrons. The number of aliphatic imine (C=N–C) groups is 1. The zero-order chi connectivity index (χ0) is 16.3. The smallest absolute Gasteiger partial charge is 0.319 e. The number of thioether (sulfide) groups is 1. The Morgan fingerprint density at radius 2 is 2.00 bits per heavy atom. The van der Waals surface area contributed by atoms with Crippen molar-refractivity contribution < 1.29 is 9.53 Å². The van der Waals surface area contributed by atoms with Gasteiger partial charge in [0.05, 0.1) is 12.8 Å². The monoisotopic (exact) mass is 340 g/mol. The van der Waals surface area contributed by atoms with Gasteiger partial charge >= 0.3 is 5.97 Å². The molecule has 4 nitrogen and oxygen atoms in total. The summed E-state index contributed by atoms with van der Waals surface area (Å²) >= 11 is 7.38. The number of hydrogen-bond acceptors (Lipinski definition) is 4. The minimum Gasteiger partial charge on any atom is -0.468 e. The number of ether oxygens (including phenoxy) is 1. The van der Waals surface area contributed by atoms with E-state index in [0.29, 0.717) is 5.02 Å². The van der Waals surface area contributed by atoms with Crippen LogP contribution in [0.4, 0.5) is 5.69 Å². The van der Waals surface area contributed by atoms with Gasteiger partial charge in [-0.3, -0.25) is 4.79 Å². The number of rotatable bonds is 2. The number of methoxy groups -OCH3 is 1. The molecule has 22 heavy (non-hydrogen) atoms. The largest absolute Gasteiger partial charge is 0.468 e. The minimum absolute atomic E-state index is 0.0562. The molecule has 0 N–H and O–H groups in total. The van der Waals surface area contributed by atoms with E-state index in [2.05, 4.69) is 25.7 Å². The predicted octanol–water partition coefficient (Wildman–Crippen LogP) is 4.11. The Labute approximate surface area is 140 Å². The number of hydrogen-bond donors (Lipinski definition) is 0. The highest BCUT2D eigenvalue weighted by Crippen LogP contribution is 2.33. The summed E-state index contributed by atoms with van der Waals surface area (Å²) in [6.45, 7) is 7.21. The first-order chi connectivity index (χ1) is 10.3. The second-order valence-electron chi connectivity index (χ2n) is 6.11. The molecule has 2 rings (SSSR count). The molecule has 1 saturated heterocycles. The van der Waals surface area contributed by atoms with Gasteiger partial charge in [-0.2, -0.15) is 0 Å². The Morgan fingerprint density at radius 1 is 1.36 bits per heavy atom. The second-order valence-corrected chi connectivity index (χ2v) is 7.72. The first-order valence-electron chi connectivity index (χ1n) is 7.17. The second kappa shape index (κ2) is 6.92. The normalized spacial score (nSPS) is 21.0. The zero-order valence-electron chi connectivity index (χ0n) is 13.3. The van der Waals surface area contributed by atoms with Gasteiger partial charge in [0.25, 0.3) is 0 Å². The molecule has 1 atom stereocenters. The average Bonchev–Trinajstić information content (AvgIpc) is 2.47. The Hall–Kier alpha value is -1.20. The zero-order valence-corrected chi connectivity index (χ0v) is 14.9. The molecule has 0 saturated carbocycles. The van der Waals surface area contributed by atoms with Crippen LogP contribution in [0.5, 0.6) is 0 Å². The van der Waals surface area contributed by atoms with Gasteiger partial charge in [-0.1, -0.05) is 23.4 Å². The van der Waals surface area contributed by atoms with E-state index in [1.807, 2.05) is 24.3 Å². The van der Waals surface area contributed by atoms with Crippen molar-refractivity contribution in [3.05, 3.63) is 29.3 Å². The standard InChI is InChI=1S/C16H21ClN2O2S/c1-16(2,3)19-10-9-13(14(20)21-4)22-15(19)18-12-7-5-11(17)6-8-12/h5-8,13H,9-10H2,1-4H3. The number of halogens is 1. The number of benzene rings is 1. The topological polar surface area (TPSA) is 41.9 Å². The summed E-state index contributed by atoms with van der Waals surface area (Å²) < 4.78 is 4.87. The molecule has 120 valence electrons. The molecule has 0 aliphatic carbocycles. The summed E-state index contributed by atoms with van der Waals surface area (Å²) in [7, 11) is 1.43. The van der Waals surface area contributed by atoms with Crippen molar-refractivity contribution in [2.45, 2.75) is 38.0 Å². The first-order valence-corrected chi connectivity index (χ1v) is 8.43. The fourth-order valence-corrected chi connectivity index (χ4v) is 3.67. The molecular weight excluding hydrogens is 320 g/mol. The van der Waals surface area contributed by atoms with Crippen LogP contribution in [-0.2, 0) is 9.53 Å².